The molecule has 0 bridgehead atoms. The average molecular weight is 252 g/mol. The van der Waals surface area contributed by atoms with Gasteiger partial charge in [0.2, 0.25) is 0 Å². The summed E-state index contributed by atoms with van der Waals surface area (Å²) >= 11 is 0. The molecule has 1 fully saturated rings. The largest absolute Gasteiger partial charge is 0.392 e. The molecule has 18 heavy (non-hydrogen) atoms. The van der Waals surface area contributed by atoms with E-state index in [4.69, 9.17) is 0 Å². The fourth-order valence-corrected chi connectivity index (χ4v) is 2.23. The Morgan fingerprint density at radius 1 is 1.44 bits per heavy atom. The molecule has 0 saturated heterocycles. The minimum Gasteiger partial charge on any atom is -0.392 e. The molecule has 1 aliphatic rings. The number of unbranched alkanes of at least 4 members (excludes halogenated alkanes) is 3. The number of Topliss-reactive ketones (excluding diaryl/α,β-unsaturated/α-hetero) is 1. The Balaban J connectivity index is 2.34. The third-order valence-corrected chi connectivity index (χ3v) is 3.46. The topological polar surface area (TPSA) is 57.5 Å². The highest BCUT2D eigenvalue weighted by molar-refractivity contribution is 5.98. The second-order valence-electron chi connectivity index (χ2n) is 5.05. The van der Waals surface area contributed by atoms with Crippen LogP contribution in [-0.4, -0.2) is 28.2 Å². The van der Waals surface area contributed by atoms with Gasteiger partial charge in [0.05, 0.1) is 12.2 Å². The SMILES string of the molecule is C=C1C(=O)C[C@@H](O)[C@@H]1/C=C/[C@@H](O)CCCCCC. The minimum atomic E-state index is -0.673. The van der Waals surface area contributed by atoms with Crippen LogP contribution in [0.15, 0.2) is 24.3 Å². The lowest BCUT2D eigenvalue weighted by molar-refractivity contribution is -0.115. The predicted octanol–water partition coefficient (Wildman–Crippen LogP) is 2.38. The van der Waals surface area contributed by atoms with Crippen LogP contribution >= 0.6 is 0 Å². The number of hydrogen-bond donors (Lipinski definition) is 2. The Hall–Kier alpha value is -0.930. The first-order chi connectivity index (χ1) is 8.56. The van der Waals surface area contributed by atoms with Gasteiger partial charge < -0.3 is 10.2 Å². The van der Waals surface area contributed by atoms with Crippen LogP contribution in [0.5, 0.6) is 0 Å². The van der Waals surface area contributed by atoms with E-state index in [-0.39, 0.29) is 18.1 Å². The van der Waals surface area contributed by atoms with Crippen molar-refractivity contribution in [2.24, 2.45) is 5.92 Å². The Bertz CT molecular complexity index is 320. The smallest absolute Gasteiger partial charge is 0.161 e. The van der Waals surface area contributed by atoms with Crippen molar-refractivity contribution < 1.29 is 15.0 Å². The van der Waals surface area contributed by atoms with Gasteiger partial charge in [0.1, 0.15) is 0 Å². The van der Waals surface area contributed by atoms with Crippen LogP contribution in [0, 0.1) is 5.92 Å². The fourth-order valence-electron chi connectivity index (χ4n) is 2.23. The zero-order valence-electron chi connectivity index (χ0n) is 11.1. The van der Waals surface area contributed by atoms with Gasteiger partial charge in [0.25, 0.3) is 0 Å². The quantitative estimate of drug-likeness (QED) is 0.415. The third kappa shape index (κ3) is 4.39. The van der Waals surface area contributed by atoms with E-state index in [0.717, 1.165) is 19.3 Å². The first kappa shape index (κ1) is 15.1. The van der Waals surface area contributed by atoms with Crippen molar-refractivity contribution >= 4 is 5.78 Å². The van der Waals surface area contributed by atoms with Gasteiger partial charge in [-0.1, -0.05) is 51.3 Å². The first-order valence-corrected chi connectivity index (χ1v) is 6.82. The third-order valence-electron chi connectivity index (χ3n) is 3.46. The van der Waals surface area contributed by atoms with Crippen LogP contribution in [0.1, 0.15) is 45.4 Å². The van der Waals surface area contributed by atoms with Crippen molar-refractivity contribution in [3.05, 3.63) is 24.3 Å². The molecule has 0 aromatic rings. The van der Waals surface area contributed by atoms with Gasteiger partial charge >= 0.3 is 0 Å². The monoisotopic (exact) mass is 252 g/mol. The molecule has 1 saturated carbocycles. The maximum atomic E-state index is 11.3. The summed E-state index contributed by atoms with van der Waals surface area (Å²) in [5.41, 5.74) is 0.455. The van der Waals surface area contributed by atoms with Crippen LogP contribution < -0.4 is 0 Å². The van der Waals surface area contributed by atoms with Crippen molar-refractivity contribution in [2.45, 2.75) is 57.7 Å². The fraction of sp³-hybridized carbons (Fsp3) is 0.667. The van der Waals surface area contributed by atoms with E-state index >= 15 is 0 Å². The summed E-state index contributed by atoms with van der Waals surface area (Å²) in [6.45, 7) is 5.84. The summed E-state index contributed by atoms with van der Waals surface area (Å²) in [5, 5.41) is 19.4. The Morgan fingerprint density at radius 3 is 2.72 bits per heavy atom. The van der Waals surface area contributed by atoms with Gasteiger partial charge in [0.15, 0.2) is 5.78 Å². The maximum Gasteiger partial charge on any atom is 0.161 e. The zero-order valence-corrected chi connectivity index (χ0v) is 11.1. The number of carbonyl (C=O) groups excluding carboxylic acids is 1. The lowest BCUT2D eigenvalue weighted by Crippen LogP contribution is -2.12. The number of carbonyl (C=O) groups is 1. The van der Waals surface area contributed by atoms with Gasteiger partial charge in [-0.05, 0) is 12.0 Å². The molecule has 3 atom stereocenters. The van der Waals surface area contributed by atoms with Crippen molar-refractivity contribution in [1.29, 1.82) is 0 Å². The predicted molar refractivity (Wildman–Crippen MR) is 72.2 cm³/mol. The summed E-state index contributed by atoms with van der Waals surface area (Å²) in [6.07, 6.45) is 7.66. The highest BCUT2D eigenvalue weighted by Crippen LogP contribution is 2.28. The van der Waals surface area contributed by atoms with Gasteiger partial charge in [0, 0.05) is 12.3 Å². The molecule has 0 amide bonds. The molecule has 0 aliphatic heterocycles. The summed E-state index contributed by atoms with van der Waals surface area (Å²) < 4.78 is 0. The van der Waals surface area contributed by atoms with Crippen LogP contribution in [0.4, 0.5) is 0 Å². The Kier molecular flexibility index (Phi) is 6.30. The standard InChI is InChI=1S/C15H24O3/c1-3-4-5-6-7-12(16)8-9-13-11(2)14(17)10-15(13)18/h8-9,12-13,15-16,18H,2-7,10H2,1H3/b9-8+/t12-,13+,15+/m0/s1. The summed E-state index contributed by atoms with van der Waals surface area (Å²) in [5.74, 6) is -0.391. The van der Waals surface area contributed by atoms with E-state index in [1.54, 1.807) is 12.2 Å². The second-order valence-corrected chi connectivity index (χ2v) is 5.05. The zero-order chi connectivity index (χ0) is 13.5. The van der Waals surface area contributed by atoms with Crippen molar-refractivity contribution in [3.63, 3.8) is 0 Å². The van der Waals surface area contributed by atoms with Gasteiger partial charge in [-0.2, -0.15) is 0 Å². The van der Waals surface area contributed by atoms with Gasteiger partial charge in [-0.15, -0.1) is 0 Å². The molecule has 0 aromatic heterocycles. The molecule has 1 aliphatic carbocycles. The van der Waals surface area contributed by atoms with Crippen LogP contribution in [0.2, 0.25) is 0 Å². The number of hydrogen-bond acceptors (Lipinski definition) is 3. The van der Waals surface area contributed by atoms with Crippen molar-refractivity contribution in [1.82, 2.24) is 0 Å². The van der Waals surface area contributed by atoms with E-state index in [0.29, 0.717) is 5.57 Å². The Morgan fingerprint density at radius 2 is 2.17 bits per heavy atom. The summed E-state index contributed by atoms with van der Waals surface area (Å²) in [6, 6.07) is 0. The van der Waals surface area contributed by atoms with Crippen LogP contribution in [0.25, 0.3) is 0 Å². The van der Waals surface area contributed by atoms with Gasteiger partial charge in [-0.25, -0.2) is 0 Å². The molecular weight excluding hydrogens is 228 g/mol. The van der Waals surface area contributed by atoms with Crippen LogP contribution in [-0.2, 0) is 4.79 Å². The molecule has 2 N–H and O–H groups in total. The molecule has 0 radical (unpaired) electrons. The maximum absolute atomic E-state index is 11.3. The highest BCUT2D eigenvalue weighted by atomic mass is 16.3. The molecule has 0 heterocycles. The first-order valence-electron chi connectivity index (χ1n) is 6.82. The molecule has 1 rings (SSSR count). The number of ketones is 1. The summed E-state index contributed by atoms with van der Waals surface area (Å²) in [4.78, 5) is 11.3. The molecule has 3 nitrogen and oxygen atoms in total. The van der Waals surface area contributed by atoms with Gasteiger partial charge in [-0.3, -0.25) is 4.79 Å². The lowest BCUT2D eigenvalue weighted by atomic mass is 10.00. The number of rotatable bonds is 7. The minimum absolute atomic E-state index is 0.0745. The van der Waals surface area contributed by atoms with Crippen molar-refractivity contribution in [2.75, 3.05) is 0 Å². The molecule has 3 heteroatoms. The van der Waals surface area contributed by atoms with E-state index in [2.05, 4.69) is 13.5 Å². The summed E-state index contributed by atoms with van der Waals surface area (Å²) in [7, 11) is 0. The van der Waals surface area contributed by atoms with Crippen LogP contribution in [0.3, 0.4) is 0 Å². The second kappa shape index (κ2) is 7.49. The highest BCUT2D eigenvalue weighted by Gasteiger charge is 2.33. The van der Waals surface area contributed by atoms with E-state index in [9.17, 15) is 15.0 Å². The van der Waals surface area contributed by atoms with E-state index < -0.39 is 12.2 Å². The molecule has 0 spiro atoms. The molecule has 102 valence electrons. The Labute approximate surface area is 109 Å². The number of aliphatic hydroxyl groups excluding tert-OH is 2. The van der Waals surface area contributed by atoms with E-state index in [1.807, 2.05) is 0 Å². The molecular formula is C15H24O3. The van der Waals surface area contributed by atoms with Crippen molar-refractivity contribution in [3.8, 4) is 0 Å². The normalized spacial score (nSPS) is 26.2. The van der Waals surface area contributed by atoms with E-state index in [1.165, 1.54) is 12.8 Å². The number of aliphatic hydroxyl groups is 2. The average Bonchev–Trinajstić information content (AvgIpc) is 2.57. The lowest BCUT2D eigenvalue weighted by Gasteiger charge is -2.10. The molecule has 0 aromatic carbocycles. The molecule has 0 unspecified atom stereocenters.